The van der Waals surface area contributed by atoms with Gasteiger partial charge >= 0.3 is 0 Å². The lowest BCUT2D eigenvalue weighted by molar-refractivity contribution is 0.176. The predicted molar refractivity (Wildman–Crippen MR) is 95.8 cm³/mol. The average Bonchev–Trinajstić information content (AvgIpc) is 3.01. The van der Waals surface area contributed by atoms with E-state index in [9.17, 15) is 4.39 Å². The summed E-state index contributed by atoms with van der Waals surface area (Å²) < 4.78 is 15.3. The van der Waals surface area contributed by atoms with Gasteiger partial charge in [0.2, 0.25) is 0 Å². The molecule has 0 bridgehead atoms. The molecule has 2 N–H and O–H groups in total. The van der Waals surface area contributed by atoms with Crippen LogP contribution < -0.4 is 0 Å². The number of rotatable bonds is 4. The van der Waals surface area contributed by atoms with Crippen LogP contribution in [0.3, 0.4) is 0 Å². The second kappa shape index (κ2) is 7.14. The van der Waals surface area contributed by atoms with Crippen LogP contribution in [0.15, 0.2) is 30.6 Å². The third kappa shape index (κ3) is 3.93. The molecule has 0 spiro atoms. The van der Waals surface area contributed by atoms with Crippen LogP contribution in [0.4, 0.5) is 4.39 Å². The number of nitrogens with one attached hydrogen (secondary N) is 2. The van der Waals surface area contributed by atoms with Crippen LogP contribution >= 0.6 is 0 Å². The van der Waals surface area contributed by atoms with Crippen LogP contribution in [-0.2, 0) is 13.6 Å². The highest BCUT2D eigenvalue weighted by Crippen LogP contribution is 2.14. The van der Waals surface area contributed by atoms with E-state index >= 15 is 0 Å². The SMILES string of the molecule is Cc1ccc(F)cc1C(=N)C(=N)N1CCN(Cc2cnn(C)c2)CC1. The first-order chi connectivity index (χ1) is 11.9. The van der Waals surface area contributed by atoms with E-state index in [4.69, 9.17) is 10.8 Å². The van der Waals surface area contributed by atoms with Gasteiger partial charge in [-0.1, -0.05) is 6.07 Å². The van der Waals surface area contributed by atoms with Crippen molar-refractivity contribution in [2.24, 2.45) is 7.05 Å². The Labute approximate surface area is 146 Å². The first kappa shape index (κ1) is 17.3. The van der Waals surface area contributed by atoms with Crippen LogP contribution in [0.5, 0.6) is 0 Å². The summed E-state index contributed by atoms with van der Waals surface area (Å²) in [6.45, 7) is 5.71. The third-order valence-electron chi connectivity index (χ3n) is 4.56. The fourth-order valence-electron chi connectivity index (χ4n) is 3.09. The van der Waals surface area contributed by atoms with E-state index in [1.165, 1.54) is 17.7 Å². The number of piperazine rings is 1. The highest BCUT2D eigenvalue weighted by atomic mass is 19.1. The van der Waals surface area contributed by atoms with E-state index in [1.807, 2.05) is 31.3 Å². The Morgan fingerprint density at radius 1 is 1.20 bits per heavy atom. The Bertz CT molecular complexity index is 789. The number of hydrogen-bond donors (Lipinski definition) is 2. The van der Waals surface area contributed by atoms with Crippen molar-refractivity contribution in [3.8, 4) is 0 Å². The number of benzene rings is 1. The highest BCUT2D eigenvalue weighted by Gasteiger charge is 2.23. The molecule has 132 valence electrons. The number of amidine groups is 1. The summed E-state index contributed by atoms with van der Waals surface area (Å²) in [5, 5.41) is 20.8. The minimum Gasteiger partial charge on any atom is -0.353 e. The van der Waals surface area contributed by atoms with Gasteiger partial charge in [0.05, 0.1) is 6.20 Å². The summed E-state index contributed by atoms with van der Waals surface area (Å²) in [7, 11) is 1.91. The van der Waals surface area contributed by atoms with Crippen molar-refractivity contribution in [1.29, 1.82) is 10.8 Å². The number of hydrogen-bond acceptors (Lipinski definition) is 4. The van der Waals surface area contributed by atoms with E-state index in [0.717, 1.165) is 25.2 Å². The largest absolute Gasteiger partial charge is 0.353 e. The maximum Gasteiger partial charge on any atom is 0.147 e. The summed E-state index contributed by atoms with van der Waals surface area (Å²) in [6.07, 6.45) is 3.88. The van der Waals surface area contributed by atoms with Gasteiger partial charge in [-0.2, -0.15) is 5.10 Å². The minimum absolute atomic E-state index is 0.0812. The molecule has 7 heteroatoms. The molecule has 0 radical (unpaired) electrons. The lowest BCUT2D eigenvalue weighted by atomic mass is 10.0. The molecule has 0 atom stereocenters. The standard InChI is InChI=1S/C18H23FN6/c1-13-3-4-15(19)9-16(13)17(20)18(21)25-7-5-24(6-8-25)12-14-10-22-23(2)11-14/h3-4,9-11,20-21H,5-8,12H2,1-2H3. The minimum atomic E-state index is -0.376. The molecule has 1 saturated heterocycles. The van der Waals surface area contributed by atoms with Crippen LogP contribution in [0.25, 0.3) is 0 Å². The van der Waals surface area contributed by atoms with Crippen LogP contribution in [-0.4, -0.2) is 57.3 Å². The highest BCUT2D eigenvalue weighted by molar-refractivity contribution is 6.45. The molecular formula is C18H23FN6. The van der Waals surface area contributed by atoms with Crippen molar-refractivity contribution in [2.75, 3.05) is 26.2 Å². The maximum absolute atomic E-state index is 13.5. The molecule has 0 unspecified atom stereocenters. The zero-order valence-corrected chi connectivity index (χ0v) is 14.6. The van der Waals surface area contributed by atoms with E-state index < -0.39 is 0 Å². The molecular weight excluding hydrogens is 319 g/mol. The second-order valence-corrected chi connectivity index (χ2v) is 6.47. The lowest BCUT2D eigenvalue weighted by Gasteiger charge is -2.36. The molecule has 3 rings (SSSR count). The summed E-state index contributed by atoms with van der Waals surface area (Å²) in [4.78, 5) is 4.21. The summed E-state index contributed by atoms with van der Waals surface area (Å²) >= 11 is 0. The van der Waals surface area contributed by atoms with Crippen LogP contribution in [0.2, 0.25) is 0 Å². The third-order valence-corrected chi connectivity index (χ3v) is 4.56. The van der Waals surface area contributed by atoms with Gasteiger partial charge in [-0.05, 0) is 24.6 Å². The maximum atomic E-state index is 13.5. The Morgan fingerprint density at radius 3 is 2.56 bits per heavy atom. The topological polar surface area (TPSA) is 72.0 Å². The number of aromatic nitrogens is 2. The Hall–Kier alpha value is -2.54. The van der Waals surface area contributed by atoms with Crippen molar-refractivity contribution in [2.45, 2.75) is 13.5 Å². The van der Waals surface area contributed by atoms with Gasteiger partial charge in [0.15, 0.2) is 0 Å². The normalized spacial score (nSPS) is 15.4. The molecule has 0 aliphatic carbocycles. The quantitative estimate of drug-likeness (QED) is 0.660. The molecule has 1 aromatic heterocycles. The number of halogens is 1. The predicted octanol–water partition coefficient (Wildman–Crippen LogP) is 2.03. The van der Waals surface area contributed by atoms with Crippen molar-refractivity contribution in [3.63, 3.8) is 0 Å². The van der Waals surface area contributed by atoms with E-state index in [-0.39, 0.29) is 17.4 Å². The first-order valence-corrected chi connectivity index (χ1v) is 8.33. The molecule has 2 heterocycles. The molecule has 1 aliphatic rings. The summed E-state index contributed by atoms with van der Waals surface area (Å²) in [5.74, 6) is -0.214. The van der Waals surface area contributed by atoms with Crippen molar-refractivity contribution < 1.29 is 4.39 Å². The van der Waals surface area contributed by atoms with Crippen LogP contribution in [0, 0.1) is 23.6 Å². The number of aryl methyl sites for hydroxylation is 2. The molecule has 6 nitrogen and oxygen atoms in total. The van der Waals surface area contributed by atoms with Gasteiger partial charge in [0.1, 0.15) is 17.4 Å². The van der Waals surface area contributed by atoms with Gasteiger partial charge in [0, 0.05) is 57.1 Å². The smallest absolute Gasteiger partial charge is 0.147 e. The van der Waals surface area contributed by atoms with Gasteiger partial charge < -0.3 is 4.90 Å². The van der Waals surface area contributed by atoms with Crippen molar-refractivity contribution >= 4 is 11.5 Å². The molecule has 2 aromatic rings. The van der Waals surface area contributed by atoms with Gasteiger partial charge in [-0.25, -0.2) is 4.39 Å². The zero-order valence-electron chi connectivity index (χ0n) is 14.6. The van der Waals surface area contributed by atoms with Gasteiger partial charge in [-0.3, -0.25) is 20.4 Å². The number of nitrogens with zero attached hydrogens (tertiary/aromatic N) is 4. The van der Waals surface area contributed by atoms with E-state index in [1.54, 1.807) is 10.7 Å². The van der Waals surface area contributed by atoms with E-state index in [2.05, 4.69) is 10.00 Å². The average molecular weight is 342 g/mol. The van der Waals surface area contributed by atoms with Gasteiger partial charge in [-0.15, -0.1) is 0 Å². The van der Waals surface area contributed by atoms with Crippen LogP contribution in [0.1, 0.15) is 16.7 Å². The Balaban J connectivity index is 1.59. The monoisotopic (exact) mass is 342 g/mol. The lowest BCUT2D eigenvalue weighted by Crippen LogP contribution is -2.50. The summed E-state index contributed by atoms with van der Waals surface area (Å²) in [5.41, 5.74) is 2.56. The molecule has 0 saturated carbocycles. The zero-order chi connectivity index (χ0) is 18.0. The molecule has 1 fully saturated rings. The van der Waals surface area contributed by atoms with E-state index in [0.29, 0.717) is 18.7 Å². The van der Waals surface area contributed by atoms with Gasteiger partial charge in [0.25, 0.3) is 0 Å². The summed E-state index contributed by atoms with van der Waals surface area (Å²) in [6, 6.07) is 4.37. The first-order valence-electron chi connectivity index (χ1n) is 8.33. The molecule has 25 heavy (non-hydrogen) atoms. The van der Waals surface area contributed by atoms with Crippen molar-refractivity contribution in [1.82, 2.24) is 19.6 Å². The molecule has 0 amide bonds. The van der Waals surface area contributed by atoms with Crippen molar-refractivity contribution in [3.05, 3.63) is 53.1 Å². The molecule has 1 aromatic carbocycles. The Morgan fingerprint density at radius 2 is 1.92 bits per heavy atom. The fourth-order valence-corrected chi connectivity index (χ4v) is 3.09. The molecule has 1 aliphatic heterocycles. The Kier molecular flexibility index (Phi) is 4.94. The fraction of sp³-hybridized carbons (Fsp3) is 0.389. The second-order valence-electron chi connectivity index (χ2n) is 6.47.